The smallest absolute Gasteiger partial charge is 0.338 e. The Morgan fingerprint density at radius 1 is 1.17 bits per heavy atom. The molecule has 5 nitrogen and oxygen atoms in total. The number of nitrogens with zero attached hydrogens (tertiary/aromatic N) is 3. The Bertz CT molecular complexity index is 801. The van der Waals surface area contributed by atoms with Crippen LogP contribution in [0.2, 0.25) is 0 Å². The van der Waals surface area contributed by atoms with Crippen molar-refractivity contribution in [2.24, 2.45) is 0 Å². The molecule has 0 spiro atoms. The second kappa shape index (κ2) is 7.79. The zero-order chi connectivity index (χ0) is 16.8. The maximum atomic E-state index is 12.0. The summed E-state index contributed by atoms with van der Waals surface area (Å²) in [5.41, 5.74) is 1.78. The number of benzene rings is 2. The molecule has 0 aliphatic heterocycles. The Hall–Kier alpha value is -2.60. The third-order valence-electron chi connectivity index (χ3n) is 3.43. The number of aromatic nitrogens is 3. The Balaban J connectivity index is 1.55. The average molecular weight is 339 g/mol. The van der Waals surface area contributed by atoms with Crippen LogP contribution < -0.4 is 0 Å². The molecule has 0 radical (unpaired) electrons. The average Bonchev–Trinajstić information content (AvgIpc) is 3.11. The topological polar surface area (TPSA) is 57.0 Å². The second-order valence-electron chi connectivity index (χ2n) is 5.19. The molecule has 0 atom stereocenters. The normalized spacial score (nSPS) is 10.5. The maximum absolute atomic E-state index is 12.0. The molecule has 1 heterocycles. The highest BCUT2D eigenvalue weighted by molar-refractivity contribution is 7.99. The molecule has 24 heavy (non-hydrogen) atoms. The molecule has 0 saturated heterocycles. The summed E-state index contributed by atoms with van der Waals surface area (Å²) in [7, 11) is 0. The van der Waals surface area contributed by atoms with Crippen molar-refractivity contribution < 1.29 is 9.53 Å². The first kappa shape index (κ1) is 16.3. The molecule has 0 unspecified atom stereocenters. The zero-order valence-corrected chi connectivity index (χ0v) is 14.1. The fraction of sp³-hybridized carbons (Fsp3) is 0.167. The third-order valence-corrected chi connectivity index (χ3v) is 4.62. The minimum Gasteiger partial charge on any atom is -0.460 e. The van der Waals surface area contributed by atoms with Gasteiger partial charge in [0.25, 0.3) is 0 Å². The lowest BCUT2D eigenvalue weighted by Gasteiger charge is -2.07. The van der Waals surface area contributed by atoms with Crippen LogP contribution in [0.3, 0.4) is 0 Å². The van der Waals surface area contributed by atoms with E-state index in [-0.39, 0.29) is 12.6 Å². The van der Waals surface area contributed by atoms with Crippen LogP contribution in [0.5, 0.6) is 0 Å². The van der Waals surface area contributed by atoms with Gasteiger partial charge in [0.1, 0.15) is 19.3 Å². The van der Waals surface area contributed by atoms with E-state index in [0.717, 1.165) is 4.90 Å². The van der Waals surface area contributed by atoms with Gasteiger partial charge in [-0.25, -0.2) is 14.5 Å². The fourth-order valence-corrected chi connectivity index (χ4v) is 3.02. The van der Waals surface area contributed by atoms with Crippen LogP contribution in [0, 0.1) is 6.92 Å². The number of ether oxygens (including phenoxy) is 1. The Morgan fingerprint density at radius 3 is 2.67 bits per heavy atom. The van der Waals surface area contributed by atoms with Gasteiger partial charge in [0.2, 0.25) is 0 Å². The van der Waals surface area contributed by atoms with E-state index >= 15 is 0 Å². The number of hydrogen-bond donors (Lipinski definition) is 0. The zero-order valence-electron chi connectivity index (χ0n) is 13.3. The standard InChI is InChI=1S/C18H17N3O2S/c1-14-4-2-3-5-17(14)24-16-8-6-15(7-9-16)18(22)23-11-10-21-13-19-12-20-21/h2-9,12-13H,10-11H2,1H3. The van der Waals surface area contributed by atoms with Gasteiger partial charge < -0.3 is 4.74 Å². The van der Waals surface area contributed by atoms with Gasteiger partial charge in [-0.2, -0.15) is 5.10 Å². The highest BCUT2D eigenvalue weighted by Gasteiger charge is 2.08. The van der Waals surface area contributed by atoms with Crippen molar-refractivity contribution in [3.05, 3.63) is 72.3 Å². The summed E-state index contributed by atoms with van der Waals surface area (Å²) in [5.74, 6) is -0.331. The highest BCUT2D eigenvalue weighted by atomic mass is 32.2. The van der Waals surface area contributed by atoms with E-state index in [0.29, 0.717) is 12.1 Å². The molecule has 0 N–H and O–H groups in total. The first-order chi connectivity index (χ1) is 11.7. The Morgan fingerprint density at radius 2 is 1.96 bits per heavy atom. The van der Waals surface area contributed by atoms with Crippen LogP contribution in [0.4, 0.5) is 0 Å². The SMILES string of the molecule is Cc1ccccc1Sc1ccc(C(=O)OCCn2cncn2)cc1. The van der Waals surface area contributed by atoms with Crippen LogP contribution in [-0.2, 0) is 11.3 Å². The number of rotatable bonds is 6. The maximum Gasteiger partial charge on any atom is 0.338 e. The minimum absolute atomic E-state index is 0.266. The quantitative estimate of drug-likeness (QED) is 0.642. The molecule has 0 fully saturated rings. The first-order valence-electron chi connectivity index (χ1n) is 7.55. The van der Waals surface area contributed by atoms with Gasteiger partial charge in [-0.3, -0.25) is 0 Å². The van der Waals surface area contributed by atoms with Crippen molar-refractivity contribution >= 4 is 17.7 Å². The van der Waals surface area contributed by atoms with Crippen LogP contribution >= 0.6 is 11.8 Å². The molecule has 0 aliphatic rings. The molecule has 122 valence electrons. The molecule has 0 aliphatic carbocycles. The minimum atomic E-state index is -0.331. The molecule has 0 bridgehead atoms. The molecule has 0 saturated carbocycles. The van der Waals surface area contributed by atoms with Gasteiger partial charge in [0, 0.05) is 9.79 Å². The number of aryl methyl sites for hydroxylation is 1. The molecular weight excluding hydrogens is 322 g/mol. The summed E-state index contributed by atoms with van der Waals surface area (Å²) in [6, 6.07) is 15.7. The number of carbonyl (C=O) groups excluding carboxylic acids is 1. The first-order valence-corrected chi connectivity index (χ1v) is 8.37. The van der Waals surface area contributed by atoms with Crippen molar-refractivity contribution in [2.75, 3.05) is 6.61 Å². The summed E-state index contributed by atoms with van der Waals surface area (Å²) in [5, 5.41) is 3.96. The van der Waals surface area contributed by atoms with Crippen molar-refractivity contribution in [3.63, 3.8) is 0 Å². The van der Waals surface area contributed by atoms with Crippen molar-refractivity contribution in [1.82, 2.24) is 14.8 Å². The van der Waals surface area contributed by atoms with Gasteiger partial charge in [-0.05, 0) is 42.8 Å². The lowest BCUT2D eigenvalue weighted by Crippen LogP contribution is -2.11. The number of esters is 1. The predicted octanol–water partition coefficient (Wildman–Crippen LogP) is 3.59. The van der Waals surface area contributed by atoms with E-state index in [2.05, 4.69) is 29.1 Å². The lowest BCUT2D eigenvalue weighted by molar-refractivity contribution is 0.0487. The van der Waals surface area contributed by atoms with Crippen LogP contribution in [0.25, 0.3) is 0 Å². The summed E-state index contributed by atoms with van der Waals surface area (Å²) in [6.45, 7) is 2.85. The van der Waals surface area contributed by atoms with Crippen molar-refractivity contribution in [1.29, 1.82) is 0 Å². The van der Waals surface area contributed by atoms with Gasteiger partial charge in [-0.1, -0.05) is 30.0 Å². The summed E-state index contributed by atoms with van der Waals surface area (Å²) >= 11 is 1.68. The van der Waals surface area contributed by atoms with Crippen molar-refractivity contribution in [3.8, 4) is 0 Å². The summed E-state index contributed by atoms with van der Waals surface area (Å²) < 4.78 is 6.86. The van der Waals surface area contributed by atoms with Gasteiger partial charge in [0.05, 0.1) is 12.1 Å². The van der Waals surface area contributed by atoms with Crippen LogP contribution in [0.1, 0.15) is 15.9 Å². The number of hydrogen-bond acceptors (Lipinski definition) is 5. The monoisotopic (exact) mass is 339 g/mol. The molecule has 6 heteroatoms. The fourth-order valence-electron chi connectivity index (χ4n) is 2.12. The van der Waals surface area contributed by atoms with Gasteiger partial charge in [-0.15, -0.1) is 0 Å². The largest absolute Gasteiger partial charge is 0.460 e. The predicted molar refractivity (Wildman–Crippen MR) is 92.0 cm³/mol. The van der Waals surface area contributed by atoms with Crippen LogP contribution in [0.15, 0.2) is 71.0 Å². The van der Waals surface area contributed by atoms with Crippen LogP contribution in [-0.4, -0.2) is 27.3 Å². The Labute approximate surface area is 144 Å². The van der Waals surface area contributed by atoms with E-state index in [9.17, 15) is 4.79 Å². The van der Waals surface area contributed by atoms with Gasteiger partial charge in [0.15, 0.2) is 0 Å². The second-order valence-corrected chi connectivity index (χ2v) is 6.30. The summed E-state index contributed by atoms with van der Waals surface area (Å²) in [6.07, 6.45) is 3.04. The molecule has 2 aromatic carbocycles. The Kier molecular flexibility index (Phi) is 5.28. The van der Waals surface area contributed by atoms with E-state index in [1.165, 1.54) is 16.8 Å². The number of carbonyl (C=O) groups is 1. The molecule has 0 amide bonds. The van der Waals surface area contributed by atoms with Crippen molar-refractivity contribution in [2.45, 2.75) is 23.3 Å². The third kappa shape index (κ3) is 4.23. The summed E-state index contributed by atoms with van der Waals surface area (Å²) in [4.78, 5) is 18.2. The van der Waals surface area contributed by atoms with E-state index in [4.69, 9.17) is 4.74 Å². The van der Waals surface area contributed by atoms with E-state index in [1.807, 2.05) is 24.3 Å². The van der Waals surface area contributed by atoms with E-state index < -0.39 is 0 Å². The molecule has 3 aromatic rings. The van der Waals surface area contributed by atoms with Gasteiger partial charge >= 0.3 is 5.97 Å². The molecule has 1 aromatic heterocycles. The molecule has 3 rings (SSSR count). The van der Waals surface area contributed by atoms with E-state index in [1.54, 1.807) is 34.9 Å². The molecular formula is C18H17N3O2S. The lowest BCUT2D eigenvalue weighted by atomic mass is 10.2. The highest BCUT2D eigenvalue weighted by Crippen LogP contribution is 2.30.